The summed E-state index contributed by atoms with van der Waals surface area (Å²) in [5, 5.41) is 10.8. The van der Waals surface area contributed by atoms with Gasteiger partial charge in [-0.2, -0.15) is 0 Å². The van der Waals surface area contributed by atoms with Crippen LogP contribution in [0.1, 0.15) is 54.9 Å². The highest BCUT2D eigenvalue weighted by Crippen LogP contribution is 2.37. The van der Waals surface area contributed by atoms with Gasteiger partial charge < -0.3 is 20.0 Å². The van der Waals surface area contributed by atoms with Gasteiger partial charge in [-0.05, 0) is 36.9 Å². The SMILES string of the molecule is CC(C)(C)CC(C)(O)C(CO[Si](C)(C)C(C)(C)C)OC(N)=O. The molecule has 3 N–H and O–H groups in total. The predicted molar refractivity (Wildman–Crippen MR) is 92.3 cm³/mol. The first kappa shape index (κ1) is 21.4. The lowest BCUT2D eigenvalue weighted by atomic mass is 9.80. The Kier molecular flexibility index (Phi) is 6.70. The van der Waals surface area contributed by atoms with Gasteiger partial charge >= 0.3 is 6.09 Å². The molecule has 0 saturated heterocycles. The highest BCUT2D eigenvalue weighted by atomic mass is 28.4. The van der Waals surface area contributed by atoms with E-state index in [2.05, 4.69) is 33.9 Å². The van der Waals surface area contributed by atoms with Crippen LogP contribution in [0, 0.1) is 5.41 Å². The van der Waals surface area contributed by atoms with E-state index in [9.17, 15) is 9.90 Å². The number of carbonyl (C=O) groups excluding carboxylic acids is 1. The zero-order valence-electron chi connectivity index (χ0n) is 15.7. The molecule has 0 spiro atoms. The van der Waals surface area contributed by atoms with E-state index >= 15 is 0 Å². The average molecular weight is 334 g/mol. The van der Waals surface area contributed by atoms with Crippen LogP contribution < -0.4 is 5.73 Å². The van der Waals surface area contributed by atoms with Crippen molar-refractivity contribution in [3.05, 3.63) is 0 Å². The van der Waals surface area contributed by atoms with E-state index in [1.54, 1.807) is 6.92 Å². The van der Waals surface area contributed by atoms with E-state index in [0.29, 0.717) is 6.42 Å². The highest BCUT2D eigenvalue weighted by Gasteiger charge is 2.42. The summed E-state index contributed by atoms with van der Waals surface area (Å²) in [5.74, 6) is 0. The molecule has 0 aromatic heterocycles. The fraction of sp³-hybridized carbons (Fsp3) is 0.938. The molecule has 0 bridgehead atoms. The molecule has 0 aliphatic heterocycles. The Morgan fingerprint density at radius 1 is 1.14 bits per heavy atom. The molecule has 0 heterocycles. The lowest BCUT2D eigenvalue weighted by molar-refractivity contribution is -0.101. The van der Waals surface area contributed by atoms with Crippen molar-refractivity contribution in [1.29, 1.82) is 0 Å². The Bertz CT molecular complexity index is 381. The maximum absolute atomic E-state index is 11.2. The molecular formula is C16H35NO4Si. The fourth-order valence-electron chi connectivity index (χ4n) is 2.17. The van der Waals surface area contributed by atoms with Gasteiger partial charge in [0.1, 0.15) is 5.60 Å². The quantitative estimate of drug-likeness (QED) is 0.727. The second-order valence-electron chi connectivity index (χ2n) is 9.09. The standard InChI is InChI=1S/C16H35NO4Si/c1-14(2,3)11-16(7,19)12(21-13(17)18)10-20-22(8,9)15(4,5)6/h12,19H,10-11H2,1-9H3,(H2,17,18). The highest BCUT2D eigenvalue weighted by molar-refractivity contribution is 6.74. The van der Waals surface area contributed by atoms with Gasteiger partial charge in [-0.25, -0.2) is 4.79 Å². The Morgan fingerprint density at radius 3 is 1.91 bits per heavy atom. The third-order valence-electron chi connectivity index (χ3n) is 4.24. The topological polar surface area (TPSA) is 81.8 Å². The molecule has 0 aliphatic rings. The number of amides is 1. The zero-order valence-corrected chi connectivity index (χ0v) is 16.7. The number of primary amides is 1. The second-order valence-corrected chi connectivity index (χ2v) is 13.9. The molecule has 0 radical (unpaired) electrons. The Hall–Kier alpha value is -0.593. The molecule has 0 saturated carbocycles. The lowest BCUT2D eigenvalue weighted by Gasteiger charge is -2.41. The van der Waals surface area contributed by atoms with Crippen molar-refractivity contribution in [2.75, 3.05) is 6.61 Å². The lowest BCUT2D eigenvalue weighted by Crippen LogP contribution is -2.51. The van der Waals surface area contributed by atoms with Crippen LogP contribution in [0.25, 0.3) is 0 Å². The molecule has 0 aromatic carbocycles. The second kappa shape index (κ2) is 6.89. The molecule has 22 heavy (non-hydrogen) atoms. The van der Waals surface area contributed by atoms with Crippen LogP contribution in [0.5, 0.6) is 0 Å². The summed E-state index contributed by atoms with van der Waals surface area (Å²) in [7, 11) is -2.00. The molecule has 132 valence electrons. The first-order valence-electron chi connectivity index (χ1n) is 7.80. The first-order chi connectivity index (χ1) is 9.48. The van der Waals surface area contributed by atoms with Crippen molar-refractivity contribution in [3.63, 3.8) is 0 Å². The van der Waals surface area contributed by atoms with Crippen molar-refractivity contribution in [3.8, 4) is 0 Å². The summed E-state index contributed by atoms with van der Waals surface area (Å²) in [5.41, 5.74) is 3.85. The van der Waals surface area contributed by atoms with E-state index in [-0.39, 0.29) is 17.1 Å². The summed E-state index contributed by atoms with van der Waals surface area (Å²) in [6.45, 7) is 18.5. The van der Waals surface area contributed by atoms with Crippen LogP contribution >= 0.6 is 0 Å². The number of nitrogens with two attached hydrogens (primary N) is 1. The number of rotatable bonds is 6. The smallest absolute Gasteiger partial charge is 0.404 e. The fourth-order valence-corrected chi connectivity index (χ4v) is 3.17. The van der Waals surface area contributed by atoms with Crippen LogP contribution in [0.4, 0.5) is 4.79 Å². The predicted octanol–water partition coefficient (Wildman–Crippen LogP) is 3.66. The van der Waals surface area contributed by atoms with Gasteiger partial charge in [0.15, 0.2) is 14.4 Å². The monoisotopic (exact) mass is 333 g/mol. The normalized spacial score (nSPS) is 17.7. The van der Waals surface area contributed by atoms with Crippen molar-refractivity contribution in [2.45, 2.75) is 84.7 Å². The number of hydrogen-bond acceptors (Lipinski definition) is 4. The van der Waals surface area contributed by atoms with Gasteiger partial charge in [0.25, 0.3) is 0 Å². The van der Waals surface area contributed by atoms with E-state index in [1.807, 2.05) is 20.8 Å². The van der Waals surface area contributed by atoms with Crippen molar-refractivity contribution < 1.29 is 19.1 Å². The third kappa shape index (κ3) is 7.11. The minimum absolute atomic E-state index is 0.0418. The maximum Gasteiger partial charge on any atom is 0.404 e. The molecule has 0 aromatic rings. The van der Waals surface area contributed by atoms with Crippen molar-refractivity contribution >= 4 is 14.4 Å². The zero-order chi connectivity index (χ0) is 18.0. The van der Waals surface area contributed by atoms with E-state index in [4.69, 9.17) is 14.9 Å². The molecule has 2 unspecified atom stereocenters. The van der Waals surface area contributed by atoms with E-state index in [1.165, 1.54) is 0 Å². The Morgan fingerprint density at radius 2 is 1.59 bits per heavy atom. The Labute approximate surface area is 136 Å². The van der Waals surface area contributed by atoms with E-state index < -0.39 is 26.1 Å². The van der Waals surface area contributed by atoms with Gasteiger partial charge in [0.2, 0.25) is 0 Å². The number of aliphatic hydroxyl groups is 1. The molecule has 6 heteroatoms. The molecule has 0 rings (SSSR count). The van der Waals surface area contributed by atoms with Gasteiger partial charge in [0.05, 0.1) is 6.61 Å². The van der Waals surface area contributed by atoms with Crippen LogP contribution in [0.2, 0.25) is 18.1 Å². The Balaban J connectivity index is 5.12. The number of hydrogen-bond donors (Lipinski definition) is 2. The van der Waals surface area contributed by atoms with Crippen LogP contribution in [-0.4, -0.2) is 37.8 Å². The van der Waals surface area contributed by atoms with Crippen molar-refractivity contribution in [2.24, 2.45) is 11.1 Å². The summed E-state index contributed by atoms with van der Waals surface area (Å²) in [4.78, 5) is 11.2. The minimum atomic E-state index is -2.00. The van der Waals surface area contributed by atoms with Gasteiger partial charge in [-0.1, -0.05) is 41.5 Å². The van der Waals surface area contributed by atoms with Gasteiger partial charge in [0, 0.05) is 0 Å². The van der Waals surface area contributed by atoms with E-state index in [0.717, 1.165) is 0 Å². The molecule has 0 aliphatic carbocycles. The maximum atomic E-state index is 11.2. The van der Waals surface area contributed by atoms with Crippen LogP contribution in [0.3, 0.4) is 0 Å². The summed E-state index contributed by atoms with van der Waals surface area (Å²) in [6.07, 6.45) is -1.20. The first-order valence-corrected chi connectivity index (χ1v) is 10.7. The molecule has 1 amide bonds. The molecule has 2 atom stereocenters. The molecule has 0 fully saturated rings. The van der Waals surface area contributed by atoms with Gasteiger partial charge in [-0.15, -0.1) is 0 Å². The largest absolute Gasteiger partial charge is 0.441 e. The minimum Gasteiger partial charge on any atom is -0.441 e. The van der Waals surface area contributed by atoms with Crippen LogP contribution in [-0.2, 0) is 9.16 Å². The molecular weight excluding hydrogens is 298 g/mol. The summed E-state index contributed by atoms with van der Waals surface area (Å²) >= 11 is 0. The van der Waals surface area contributed by atoms with Crippen molar-refractivity contribution in [1.82, 2.24) is 0 Å². The number of carbonyl (C=O) groups is 1. The average Bonchev–Trinajstić information content (AvgIpc) is 2.18. The molecule has 5 nitrogen and oxygen atoms in total. The van der Waals surface area contributed by atoms with Crippen LogP contribution in [0.15, 0.2) is 0 Å². The number of ether oxygens (including phenoxy) is 1. The third-order valence-corrected chi connectivity index (χ3v) is 8.74. The summed E-state index contributed by atoms with van der Waals surface area (Å²) < 4.78 is 11.3. The van der Waals surface area contributed by atoms with Gasteiger partial charge in [-0.3, -0.25) is 0 Å². The summed E-state index contributed by atoms with van der Waals surface area (Å²) in [6, 6.07) is 0.